The first-order valence-electron chi connectivity index (χ1n) is 20.0. The summed E-state index contributed by atoms with van der Waals surface area (Å²) in [5, 5.41) is 2.99. The fraction of sp³-hybridized carbons (Fsp3) is 0.135. The smallest absolute Gasteiger partial charge is 0.164 e. The average molecular weight is 768 g/mol. The minimum absolute atomic E-state index is 0.418. The van der Waals surface area contributed by atoms with E-state index in [1.807, 2.05) is 36.4 Å². The van der Waals surface area contributed by atoms with Gasteiger partial charge in [0, 0.05) is 16.7 Å². The van der Waals surface area contributed by atoms with Crippen LogP contribution in [0.1, 0.15) is 22.3 Å². The van der Waals surface area contributed by atoms with Gasteiger partial charge in [0.2, 0.25) is 0 Å². The van der Waals surface area contributed by atoms with Gasteiger partial charge in [-0.3, -0.25) is 0 Å². The lowest BCUT2D eigenvalue weighted by atomic mass is 9.70. The Morgan fingerprint density at radius 3 is 1.26 bits per heavy atom. The van der Waals surface area contributed by atoms with E-state index in [-0.39, 0.29) is 0 Å². The molecular weight excluding hydrogens is 723 g/mol. The first kappa shape index (κ1) is 35.4. The highest BCUT2D eigenvalue weighted by Gasteiger charge is 2.52. The van der Waals surface area contributed by atoms with Crippen molar-refractivity contribution in [3.05, 3.63) is 186 Å². The Morgan fingerprint density at radius 1 is 0.316 bits per heavy atom. The monoisotopic (exact) mass is 767 g/mol. The van der Waals surface area contributed by atoms with Gasteiger partial charge in [-0.15, -0.1) is 0 Å². The van der Waals surface area contributed by atoms with Crippen molar-refractivity contribution in [1.29, 1.82) is 0 Å². The third kappa shape index (κ3) is 5.71. The maximum Gasteiger partial charge on any atom is 0.164 e. The summed E-state index contributed by atoms with van der Waals surface area (Å²) < 4.78 is 0. The standard InChI is InChI=1S/C52H45N3Si2/c1-56(2,3)39-25-28-43-44-29-26-40(57(4,5)6)33-48(44)52(47(43)32-39)45-23-14-13-22-41(45)42-27-24-37(31-46(42)52)36-20-15-21-38(30-36)51-54-49(34-16-9-7-10-17-34)53-50(55-51)35-18-11-8-12-19-35/h7-33H,1-6H3. The lowest BCUT2D eigenvalue weighted by Crippen LogP contribution is -2.40. The van der Waals surface area contributed by atoms with Crippen LogP contribution in [0, 0.1) is 0 Å². The summed E-state index contributed by atoms with van der Waals surface area (Å²) >= 11 is 0. The first-order chi connectivity index (χ1) is 27.5. The molecule has 0 saturated heterocycles. The zero-order valence-corrected chi connectivity index (χ0v) is 35.4. The second kappa shape index (κ2) is 13.0. The number of fused-ring (bicyclic) bond motifs is 10. The Kier molecular flexibility index (Phi) is 8.09. The molecule has 2 aliphatic carbocycles. The van der Waals surface area contributed by atoms with Crippen LogP contribution in [0.3, 0.4) is 0 Å². The highest BCUT2D eigenvalue weighted by molar-refractivity contribution is 6.89. The van der Waals surface area contributed by atoms with E-state index in [4.69, 9.17) is 15.0 Å². The quantitative estimate of drug-likeness (QED) is 0.158. The Hall–Kier alpha value is -6.02. The number of aromatic nitrogens is 3. The van der Waals surface area contributed by atoms with Crippen molar-refractivity contribution in [2.24, 2.45) is 0 Å². The van der Waals surface area contributed by atoms with Crippen LogP contribution in [0.25, 0.3) is 67.5 Å². The molecule has 0 bridgehead atoms. The maximum atomic E-state index is 5.07. The number of rotatable bonds is 6. The second-order valence-electron chi connectivity index (χ2n) is 17.7. The summed E-state index contributed by atoms with van der Waals surface area (Å²) in [5.74, 6) is 1.98. The number of benzene rings is 7. The van der Waals surface area contributed by atoms with E-state index in [9.17, 15) is 0 Å². The van der Waals surface area contributed by atoms with Crippen molar-refractivity contribution in [3.63, 3.8) is 0 Å². The van der Waals surface area contributed by atoms with E-state index in [0.29, 0.717) is 17.5 Å². The maximum absolute atomic E-state index is 5.07. The molecule has 57 heavy (non-hydrogen) atoms. The molecule has 0 saturated carbocycles. The lowest BCUT2D eigenvalue weighted by Gasteiger charge is -2.32. The summed E-state index contributed by atoms with van der Waals surface area (Å²) in [4.78, 5) is 15.1. The largest absolute Gasteiger partial charge is 0.208 e. The molecule has 8 aromatic rings. The van der Waals surface area contributed by atoms with Crippen molar-refractivity contribution < 1.29 is 0 Å². The van der Waals surface area contributed by atoms with Crippen LogP contribution in [-0.4, -0.2) is 31.1 Å². The summed E-state index contributed by atoms with van der Waals surface area (Å²) in [7, 11) is -3.27. The Morgan fingerprint density at radius 2 is 0.719 bits per heavy atom. The molecule has 0 aliphatic heterocycles. The second-order valence-corrected chi connectivity index (χ2v) is 27.9. The predicted octanol–water partition coefficient (Wildman–Crippen LogP) is 12.0. The molecule has 0 fully saturated rings. The molecule has 7 aromatic carbocycles. The van der Waals surface area contributed by atoms with Gasteiger partial charge in [-0.25, -0.2) is 15.0 Å². The third-order valence-electron chi connectivity index (χ3n) is 12.1. The fourth-order valence-electron chi connectivity index (χ4n) is 9.07. The molecule has 1 heterocycles. The molecule has 0 N–H and O–H groups in total. The molecular formula is C52H45N3Si2. The molecule has 10 rings (SSSR count). The summed E-state index contributed by atoms with van der Waals surface area (Å²) in [6.45, 7) is 14.8. The van der Waals surface area contributed by atoms with Gasteiger partial charge in [-0.2, -0.15) is 0 Å². The summed E-state index contributed by atoms with van der Waals surface area (Å²) in [6, 6.07) is 60.3. The van der Waals surface area contributed by atoms with Crippen LogP contribution in [0.2, 0.25) is 39.3 Å². The zero-order chi connectivity index (χ0) is 39.1. The van der Waals surface area contributed by atoms with Crippen molar-refractivity contribution in [1.82, 2.24) is 15.0 Å². The SMILES string of the molecule is C[Si](C)(C)c1ccc2c(c1)C1(c3ccccc3-c3ccc(-c4cccc(-c5nc(-c6ccccc6)nc(-c6ccccc6)n5)c4)cc31)c1cc([Si](C)(C)C)ccc1-2. The molecule has 1 aromatic heterocycles. The van der Waals surface area contributed by atoms with Crippen molar-refractivity contribution in [2.75, 3.05) is 0 Å². The zero-order valence-electron chi connectivity index (χ0n) is 33.4. The van der Waals surface area contributed by atoms with Gasteiger partial charge in [0.05, 0.1) is 21.6 Å². The van der Waals surface area contributed by atoms with E-state index >= 15 is 0 Å². The molecule has 1 spiro atoms. The molecule has 2 aliphatic rings. The molecule has 276 valence electrons. The molecule has 0 radical (unpaired) electrons. The molecule has 0 unspecified atom stereocenters. The minimum atomic E-state index is -1.63. The predicted molar refractivity (Wildman–Crippen MR) is 244 cm³/mol. The van der Waals surface area contributed by atoms with Crippen molar-refractivity contribution in [3.8, 4) is 67.5 Å². The van der Waals surface area contributed by atoms with Crippen LogP contribution in [0.5, 0.6) is 0 Å². The topological polar surface area (TPSA) is 38.7 Å². The van der Waals surface area contributed by atoms with E-state index < -0.39 is 21.6 Å². The van der Waals surface area contributed by atoms with Crippen LogP contribution < -0.4 is 10.4 Å². The van der Waals surface area contributed by atoms with E-state index in [1.165, 1.54) is 60.4 Å². The summed E-state index contributed by atoms with van der Waals surface area (Å²) in [6.07, 6.45) is 0. The molecule has 5 heteroatoms. The molecule has 0 amide bonds. The van der Waals surface area contributed by atoms with E-state index in [2.05, 4.69) is 167 Å². The number of hydrogen-bond donors (Lipinski definition) is 0. The van der Waals surface area contributed by atoms with Crippen molar-refractivity contribution in [2.45, 2.75) is 44.7 Å². The van der Waals surface area contributed by atoms with Crippen LogP contribution in [0.15, 0.2) is 164 Å². The van der Waals surface area contributed by atoms with Crippen LogP contribution in [-0.2, 0) is 5.41 Å². The Balaban J connectivity index is 1.19. The number of hydrogen-bond acceptors (Lipinski definition) is 3. The van der Waals surface area contributed by atoms with Crippen LogP contribution >= 0.6 is 0 Å². The highest BCUT2D eigenvalue weighted by atomic mass is 28.3. The average Bonchev–Trinajstić information content (AvgIpc) is 3.70. The highest BCUT2D eigenvalue weighted by Crippen LogP contribution is 2.63. The fourth-order valence-corrected chi connectivity index (χ4v) is 11.4. The first-order valence-corrected chi connectivity index (χ1v) is 27.0. The Bertz CT molecular complexity index is 2750. The summed E-state index contributed by atoms with van der Waals surface area (Å²) in [5.41, 5.74) is 15.8. The molecule has 0 atom stereocenters. The van der Waals surface area contributed by atoms with E-state index in [1.54, 1.807) is 0 Å². The van der Waals surface area contributed by atoms with Crippen LogP contribution in [0.4, 0.5) is 0 Å². The van der Waals surface area contributed by atoms with Gasteiger partial charge >= 0.3 is 0 Å². The van der Waals surface area contributed by atoms with Gasteiger partial charge in [-0.1, -0.05) is 201 Å². The third-order valence-corrected chi connectivity index (χ3v) is 16.2. The Labute approximate surface area is 338 Å². The molecule has 3 nitrogen and oxygen atoms in total. The number of nitrogens with zero attached hydrogens (tertiary/aromatic N) is 3. The van der Waals surface area contributed by atoms with Gasteiger partial charge in [-0.05, 0) is 67.8 Å². The van der Waals surface area contributed by atoms with Crippen molar-refractivity contribution >= 4 is 26.5 Å². The van der Waals surface area contributed by atoms with E-state index in [0.717, 1.165) is 22.3 Å². The van der Waals surface area contributed by atoms with Gasteiger partial charge in [0.15, 0.2) is 17.5 Å². The van der Waals surface area contributed by atoms with Gasteiger partial charge < -0.3 is 0 Å². The van der Waals surface area contributed by atoms with Gasteiger partial charge in [0.1, 0.15) is 0 Å². The lowest BCUT2D eigenvalue weighted by molar-refractivity contribution is 0.795. The normalized spacial score (nSPS) is 13.6. The van der Waals surface area contributed by atoms with Gasteiger partial charge in [0.25, 0.3) is 0 Å². The minimum Gasteiger partial charge on any atom is -0.208 e.